The molecule has 0 spiro atoms. The number of rotatable bonds is 15. The summed E-state index contributed by atoms with van der Waals surface area (Å²) in [4.78, 5) is 22.4. The maximum Gasteiger partial charge on any atom is 0.244 e. The van der Waals surface area contributed by atoms with Crippen LogP contribution in [0.15, 0.2) is 48.1 Å². The first kappa shape index (κ1) is 23.1. The number of hydrogen-bond donors (Lipinski definition) is 1. The number of hydrogen-bond acceptors (Lipinski definition) is 2. The molecule has 0 aliphatic carbocycles. The molecule has 3 nitrogen and oxygen atoms in total. The predicted molar refractivity (Wildman–Crippen MR) is 107 cm³/mol. The van der Waals surface area contributed by atoms with Crippen molar-refractivity contribution < 1.29 is 9.59 Å². The highest BCUT2D eigenvalue weighted by molar-refractivity contribution is 6.00. The molecule has 0 fully saturated rings. The van der Waals surface area contributed by atoms with Crippen molar-refractivity contribution in [2.24, 2.45) is 5.73 Å². The maximum atomic E-state index is 11.6. The molecule has 0 aromatic heterocycles. The minimum absolute atomic E-state index is 0.00234. The van der Waals surface area contributed by atoms with E-state index in [1.165, 1.54) is 18.9 Å². The van der Waals surface area contributed by atoms with Gasteiger partial charge in [0.05, 0.1) is 0 Å². The molecule has 140 valence electrons. The van der Waals surface area contributed by atoms with Crippen LogP contribution in [0.5, 0.6) is 0 Å². The lowest BCUT2D eigenvalue weighted by molar-refractivity contribution is -0.117. The molecule has 1 amide bonds. The summed E-state index contributed by atoms with van der Waals surface area (Å²) < 4.78 is 0. The monoisotopic (exact) mass is 345 g/mol. The number of carbonyl (C=O) groups excluding carboxylic acids is 2. The fourth-order valence-electron chi connectivity index (χ4n) is 2.30. The van der Waals surface area contributed by atoms with E-state index < -0.39 is 5.91 Å². The standard InChI is InChI=1S/C22H35NO2/c1-3-4-5-6-7-8-9-10-11-12-13-14-15-16-17-18-21(24)19-20(2)22(23)25/h4-5,7-8,10-11,19H,3,6,9,12-18H2,1-2H3,(H2,23,25)/b5-4-,8-7-,11-10-,20-19-. The first-order valence-corrected chi connectivity index (χ1v) is 9.53. The highest BCUT2D eigenvalue weighted by Gasteiger charge is 2.02. The molecule has 25 heavy (non-hydrogen) atoms. The Morgan fingerprint density at radius 3 is 2.00 bits per heavy atom. The Balaban J connectivity index is 3.48. The van der Waals surface area contributed by atoms with Gasteiger partial charge in [0.25, 0.3) is 0 Å². The summed E-state index contributed by atoms with van der Waals surface area (Å²) >= 11 is 0. The van der Waals surface area contributed by atoms with Crippen LogP contribution in [0.1, 0.15) is 78.1 Å². The Morgan fingerprint density at radius 1 is 0.800 bits per heavy atom. The van der Waals surface area contributed by atoms with E-state index in [1.54, 1.807) is 6.92 Å². The van der Waals surface area contributed by atoms with Gasteiger partial charge < -0.3 is 5.73 Å². The minimum Gasteiger partial charge on any atom is -0.366 e. The zero-order chi connectivity index (χ0) is 18.8. The average Bonchev–Trinajstić information content (AvgIpc) is 2.58. The van der Waals surface area contributed by atoms with Gasteiger partial charge >= 0.3 is 0 Å². The van der Waals surface area contributed by atoms with Gasteiger partial charge in [-0.15, -0.1) is 0 Å². The van der Waals surface area contributed by atoms with Crippen LogP contribution in [0.2, 0.25) is 0 Å². The Bertz CT molecular complexity index is 484. The summed E-state index contributed by atoms with van der Waals surface area (Å²) in [6.45, 7) is 3.72. The molecule has 0 rings (SSSR count). The van der Waals surface area contributed by atoms with Gasteiger partial charge in [0.2, 0.25) is 5.91 Å². The second-order valence-electron chi connectivity index (χ2n) is 6.26. The molecular formula is C22H35NO2. The fourth-order valence-corrected chi connectivity index (χ4v) is 2.30. The molecule has 0 aliphatic heterocycles. The molecule has 0 aromatic carbocycles. The van der Waals surface area contributed by atoms with E-state index in [1.807, 2.05) is 0 Å². The van der Waals surface area contributed by atoms with Crippen molar-refractivity contribution in [2.45, 2.75) is 78.1 Å². The van der Waals surface area contributed by atoms with Gasteiger partial charge in [0.15, 0.2) is 5.78 Å². The molecule has 0 aromatic rings. The van der Waals surface area contributed by atoms with Crippen LogP contribution >= 0.6 is 0 Å². The third-order valence-electron chi connectivity index (χ3n) is 3.84. The summed E-state index contributed by atoms with van der Waals surface area (Å²) in [5.74, 6) is -0.525. The molecule has 2 N–H and O–H groups in total. The third kappa shape index (κ3) is 16.7. The second-order valence-corrected chi connectivity index (χ2v) is 6.26. The zero-order valence-electron chi connectivity index (χ0n) is 16.0. The molecule has 3 heteroatoms. The van der Waals surface area contributed by atoms with Crippen LogP contribution in [-0.2, 0) is 9.59 Å². The topological polar surface area (TPSA) is 60.2 Å². The van der Waals surface area contributed by atoms with Crippen LogP contribution in [-0.4, -0.2) is 11.7 Å². The van der Waals surface area contributed by atoms with Gasteiger partial charge in [-0.3, -0.25) is 9.59 Å². The van der Waals surface area contributed by atoms with Crippen LogP contribution < -0.4 is 5.73 Å². The summed E-state index contributed by atoms with van der Waals surface area (Å²) in [5, 5.41) is 0. The Hall–Kier alpha value is -1.90. The first-order valence-electron chi connectivity index (χ1n) is 9.53. The largest absolute Gasteiger partial charge is 0.366 e. The molecule has 0 aliphatic rings. The van der Waals surface area contributed by atoms with Crippen LogP contribution in [0, 0.1) is 0 Å². The normalized spacial score (nSPS) is 12.6. The highest BCUT2D eigenvalue weighted by Crippen LogP contribution is 2.09. The first-order chi connectivity index (χ1) is 12.1. The van der Waals surface area contributed by atoms with Gasteiger partial charge in [-0.1, -0.05) is 62.6 Å². The van der Waals surface area contributed by atoms with Gasteiger partial charge in [0, 0.05) is 12.0 Å². The lowest BCUT2D eigenvalue weighted by Crippen LogP contribution is -2.12. The highest BCUT2D eigenvalue weighted by atomic mass is 16.1. The van der Waals surface area contributed by atoms with E-state index in [-0.39, 0.29) is 5.78 Å². The predicted octanol–water partition coefficient (Wildman–Crippen LogP) is 5.58. The number of amides is 1. The van der Waals surface area contributed by atoms with Crippen molar-refractivity contribution in [2.75, 3.05) is 0 Å². The molecule has 0 bridgehead atoms. The van der Waals surface area contributed by atoms with Crippen molar-refractivity contribution in [1.29, 1.82) is 0 Å². The maximum absolute atomic E-state index is 11.6. The summed E-state index contributed by atoms with van der Waals surface area (Å²) in [7, 11) is 0. The number of primary amides is 1. The van der Waals surface area contributed by atoms with E-state index in [0.29, 0.717) is 12.0 Å². The van der Waals surface area contributed by atoms with Gasteiger partial charge in [0.1, 0.15) is 0 Å². The van der Waals surface area contributed by atoms with E-state index in [4.69, 9.17) is 5.73 Å². The van der Waals surface area contributed by atoms with E-state index in [0.717, 1.165) is 44.9 Å². The number of nitrogens with two attached hydrogens (primary N) is 1. The number of unbranched alkanes of at least 4 members (excludes halogenated alkanes) is 5. The van der Waals surface area contributed by atoms with Crippen molar-refractivity contribution >= 4 is 11.7 Å². The molecular weight excluding hydrogens is 310 g/mol. The molecule has 0 unspecified atom stereocenters. The molecule has 0 saturated heterocycles. The van der Waals surface area contributed by atoms with E-state index in [2.05, 4.69) is 43.4 Å². The fraction of sp³-hybridized carbons (Fsp3) is 0.545. The Morgan fingerprint density at radius 2 is 1.36 bits per heavy atom. The number of allylic oxidation sites excluding steroid dienone is 7. The molecule has 0 saturated carbocycles. The van der Waals surface area contributed by atoms with E-state index >= 15 is 0 Å². The van der Waals surface area contributed by atoms with Gasteiger partial charge in [-0.05, 0) is 51.5 Å². The number of carbonyl (C=O) groups is 2. The summed E-state index contributed by atoms with van der Waals surface area (Å²) in [5.41, 5.74) is 5.44. The minimum atomic E-state index is -0.523. The zero-order valence-corrected chi connectivity index (χ0v) is 16.0. The molecule has 0 atom stereocenters. The number of ketones is 1. The SMILES string of the molecule is CC/C=C\C/C=C\C/C=C\CCCCCCCC(=O)/C=C(/C)C(N)=O. The van der Waals surface area contributed by atoms with Gasteiger partial charge in [-0.2, -0.15) is 0 Å². The third-order valence-corrected chi connectivity index (χ3v) is 3.84. The van der Waals surface area contributed by atoms with E-state index in [9.17, 15) is 9.59 Å². The lowest BCUT2D eigenvalue weighted by Gasteiger charge is -1.99. The summed E-state index contributed by atoms with van der Waals surface area (Å²) in [6, 6.07) is 0. The average molecular weight is 346 g/mol. The Labute approximate surface area is 153 Å². The quantitative estimate of drug-likeness (QED) is 0.239. The van der Waals surface area contributed by atoms with Crippen molar-refractivity contribution in [3.63, 3.8) is 0 Å². The van der Waals surface area contributed by atoms with Crippen molar-refractivity contribution in [1.82, 2.24) is 0 Å². The Kier molecular flexibility index (Phi) is 15.7. The van der Waals surface area contributed by atoms with Crippen LogP contribution in [0.25, 0.3) is 0 Å². The van der Waals surface area contributed by atoms with Crippen LogP contribution in [0.4, 0.5) is 0 Å². The van der Waals surface area contributed by atoms with Crippen molar-refractivity contribution in [3.8, 4) is 0 Å². The van der Waals surface area contributed by atoms with Gasteiger partial charge in [-0.25, -0.2) is 0 Å². The summed E-state index contributed by atoms with van der Waals surface area (Å²) in [6.07, 6.45) is 24.9. The molecule has 0 radical (unpaired) electrons. The smallest absolute Gasteiger partial charge is 0.244 e. The van der Waals surface area contributed by atoms with Crippen molar-refractivity contribution in [3.05, 3.63) is 48.1 Å². The van der Waals surface area contributed by atoms with Crippen LogP contribution in [0.3, 0.4) is 0 Å². The second kappa shape index (κ2) is 16.9. The lowest BCUT2D eigenvalue weighted by atomic mass is 10.1. The molecule has 0 heterocycles.